The monoisotopic (exact) mass is 706 g/mol. The van der Waals surface area contributed by atoms with Crippen molar-refractivity contribution in [2.24, 2.45) is 0 Å². The molecule has 214 valence electrons. The fraction of sp³-hybridized carbons (Fsp3) is 0.259. The van der Waals surface area contributed by atoms with E-state index < -0.39 is 17.1 Å². The van der Waals surface area contributed by atoms with Gasteiger partial charge in [0.25, 0.3) is 0 Å². The maximum Gasteiger partial charge on any atom is 0.244 e. The van der Waals surface area contributed by atoms with Crippen LogP contribution in [0.2, 0.25) is 0 Å². The average molecular weight is 707 g/mol. The Bertz CT molecular complexity index is 1520. The van der Waals surface area contributed by atoms with E-state index in [1.807, 2.05) is 0 Å². The van der Waals surface area contributed by atoms with E-state index in [-0.39, 0.29) is 11.7 Å². The summed E-state index contributed by atoms with van der Waals surface area (Å²) in [7, 11) is 4.42. The molecule has 14 heteroatoms. The number of halogens is 1. The normalized spacial score (nSPS) is 12.3. The molecule has 0 fully saturated rings. The second kappa shape index (κ2) is 14.5. The van der Waals surface area contributed by atoms with Gasteiger partial charge in [-0.2, -0.15) is 5.26 Å². The molecule has 0 saturated carbocycles. The molecule has 11 nitrogen and oxygen atoms in total. The van der Waals surface area contributed by atoms with E-state index in [0.29, 0.717) is 58.0 Å². The largest absolute Gasteiger partial charge is 0.494 e. The maximum atomic E-state index is 13.9. The highest BCUT2D eigenvalue weighted by atomic mass is 127. The Kier molecular flexibility index (Phi) is 10.8. The third kappa shape index (κ3) is 6.92. The molecule has 0 aliphatic rings. The molecule has 2 aromatic carbocycles. The molecule has 0 radical (unpaired) electrons. The molecule has 2 atom stereocenters. The molecule has 4 aromatic rings. The molecule has 2 unspecified atom stereocenters. The minimum absolute atomic E-state index is 0.111. The van der Waals surface area contributed by atoms with Crippen molar-refractivity contribution in [2.75, 3.05) is 43.7 Å². The highest BCUT2D eigenvalue weighted by Crippen LogP contribution is 2.39. The summed E-state index contributed by atoms with van der Waals surface area (Å²) in [6.45, 7) is 0.335. The van der Waals surface area contributed by atoms with Gasteiger partial charge in [0.1, 0.15) is 33.9 Å². The number of pyridine rings is 1. The Morgan fingerprint density at radius 1 is 1.05 bits per heavy atom. The van der Waals surface area contributed by atoms with Gasteiger partial charge in [-0.1, -0.05) is 33.2 Å². The van der Waals surface area contributed by atoms with E-state index in [1.165, 1.54) is 7.11 Å². The van der Waals surface area contributed by atoms with Crippen molar-refractivity contribution < 1.29 is 23.5 Å². The molecule has 2 aromatic heterocycles. The van der Waals surface area contributed by atoms with Crippen LogP contribution in [0.3, 0.4) is 0 Å². The Morgan fingerprint density at radius 2 is 1.73 bits per heavy atom. The zero-order valence-corrected chi connectivity index (χ0v) is 26.2. The lowest BCUT2D eigenvalue weighted by Gasteiger charge is -2.25. The highest BCUT2D eigenvalue weighted by Gasteiger charge is 2.29. The zero-order valence-electron chi connectivity index (χ0n) is 22.4. The van der Waals surface area contributed by atoms with Crippen LogP contribution in [-0.4, -0.2) is 68.4 Å². The number of nitrogens with zero attached hydrogens (tertiary/aromatic N) is 6. The summed E-state index contributed by atoms with van der Waals surface area (Å²) >= 11 is 2.18. The van der Waals surface area contributed by atoms with E-state index in [2.05, 4.69) is 42.5 Å². The topological polar surface area (TPSA) is 136 Å². The summed E-state index contributed by atoms with van der Waals surface area (Å²) in [6, 6.07) is 19.2. The summed E-state index contributed by atoms with van der Waals surface area (Å²) in [5, 5.41) is 29.0. The van der Waals surface area contributed by atoms with E-state index in [9.17, 15) is 9.32 Å². The number of nitriles is 1. The van der Waals surface area contributed by atoms with E-state index >= 15 is 0 Å². The number of rotatable bonds is 13. The van der Waals surface area contributed by atoms with Crippen LogP contribution in [0.5, 0.6) is 17.4 Å². The van der Waals surface area contributed by atoms with Gasteiger partial charge in [0.05, 0.1) is 44.8 Å². The maximum absolute atomic E-state index is 13.9. The third-order valence-corrected chi connectivity index (χ3v) is 9.10. The van der Waals surface area contributed by atoms with Gasteiger partial charge in [0, 0.05) is 18.4 Å². The van der Waals surface area contributed by atoms with Crippen LogP contribution in [0.15, 0.2) is 60.7 Å². The van der Waals surface area contributed by atoms with Gasteiger partial charge in [0.2, 0.25) is 11.8 Å². The molecule has 0 aliphatic heterocycles. The van der Waals surface area contributed by atoms with Crippen LogP contribution in [-0.2, 0) is 11.0 Å². The van der Waals surface area contributed by atoms with Crippen LogP contribution in [0, 0.1) is 11.3 Å². The molecule has 1 N–H and O–H groups in total. The lowest BCUT2D eigenvalue weighted by Crippen LogP contribution is -2.34. The molecule has 0 amide bonds. The smallest absolute Gasteiger partial charge is 0.244 e. The summed E-state index contributed by atoms with van der Waals surface area (Å²) < 4.78 is 34.0. The van der Waals surface area contributed by atoms with Gasteiger partial charge in [-0.05, 0) is 57.1 Å². The fourth-order valence-corrected chi connectivity index (χ4v) is 6.22. The Hall–Kier alpha value is -3.39. The summed E-state index contributed by atoms with van der Waals surface area (Å²) in [5.41, 5.74) is 1.98. The standard InChI is InChI=1S/C27H27IN6O5S2/c1-37-22-7-5-8-23(38-2)25(22)34-26(20-6-4-9-24(30-20)39-3)31-32-27(34)33(14-15-40-28)41(36)17-21(35)19-12-10-18(16-29)11-13-19/h4-13,21,35H,14-15,17H2,1-3H3. The third-order valence-electron chi connectivity index (χ3n) is 6.00. The minimum atomic E-state index is -1.75. The number of benzene rings is 2. The van der Waals surface area contributed by atoms with Gasteiger partial charge < -0.3 is 19.3 Å². The summed E-state index contributed by atoms with van der Waals surface area (Å²) in [6.07, 6.45) is -1.05. The fourth-order valence-electron chi connectivity index (χ4n) is 4.03. The van der Waals surface area contributed by atoms with E-state index in [4.69, 9.17) is 19.5 Å². The number of hydrogen-bond acceptors (Lipinski definition) is 10. The van der Waals surface area contributed by atoms with Crippen LogP contribution in [0.4, 0.5) is 5.95 Å². The van der Waals surface area contributed by atoms with Gasteiger partial charge in [0.15, 0.2) is 5.82 Å². The number of hydrogen-bond donors (Lipinski definition) is 1. The lowest BCUT2D eigenvalue weighted by atomic mass is 10.1. The predicted molar refractivity (Wildman–Crippen MR) is 167 cm³/mol. The summed E-state index contributed by atoms with van der Waals surface area (Å²) in [4.78, 5) is 4.55. The number of aliphatic hydroxyl groups excluding tert-OH is 1. The molecule has 0 spiro atoms. The van der Waals surface area contributed by atoms with Crippen LogP contribution in [0.1, 0.15) is 17.2 Å². The van der Waals surface area contributed by atoms with Crippen molar-refractivity contribution in [3.05, 3.63) is 71.8 Å². The summed E-state index contributed by atoms with van der Waals surface area (Å²) in [5.74, 6) is 2.43. The number of methoxy groups -OCH3 is 3. The molecule has 41 heavy (non-hydrogen) atoms. The van der Waals surface area contributed by atoms with Gasteiger partial charge in [-0.3, -0.25) is 8.87 Å². The molecule has 0 bridgehead atoms. The molecule has 0 saturated heterocycles. The molecular formula is C27H27IN6O5S2. The predicted octanol–water partition coefficient (Wildman–Crippen LogP) is 4.51. The van der Waals surface area contributed by atoms with Crippen molar-refractivity contribution >= 4 is 47.1 Å². The second-order valence-electron chi connectivity index (χ2n) is 8.39. The quantitative estimate of drug-likeness (QED) is 0.198. The van der Waals surface area contributed by atoms with Crippen LogP contribution < -0.4 is 18.5 Å². The first-order chi connectivity index (χ1) is 19.9. The first-order valence-electron chi connectivity index (χ1n) is 12.2. The first kappa shape index (κ1) is 30.6. The zero-order chi connectivity index (χ0) is 29.4. The van der Waals surface area contributed by atoms with Gasteiger partial charge in [-0.15, -0.1) is 10.2 Å². The average Bonchev–Trinajstić information content (AvgIpc) is 3.45. The van der Waals surface area contributed by atoms with Crippen LogP contribution >= 0.6 is 30.1 Å². The Labute approximate surface area is 256 Å². The van der Waals surface area contributed by atoms with E-state index in [0.717, 1.165) is 0 Å². The van der Waals surface area contributed by atoms with Crippen LogP contribution in [0.25, 0.3) is 17.2 Å². The molecular weight excluding hydrogens is 679 g/mol. The van der Waals surface area contributed by atoms with Crippen molar-refractivity contribution in [2.45, 2.75) is 6.10 Å². The Morgan fingerprint density at radius 3 is 2.34 bits per heavy atom. The van der Waals surface area contributed by atoms with Gasteiger partial charge >= 0.3 is 0 Å². The SMILES string of the molecule is COc1cccc(-c2nnc(N(CCSI)S(=O)CC(O)c3ccc(C#N)cc3)n2-c2c(OC)cccc2OC)n1. The Balaban J connectivity index is 1.86. The number of aliphatic hydroxyl groups is 1. The van der Waals surface area contributed by atoms with Crippen molar-refractivity contribution in [1.82, 2.24) is 19.7 Å². The number of aromatic nitrogens is 4. The van der Waals surface area contributed by atoms with E-state index in [1.54, 1.807) is 92.7 Å². The molecule has 4 rings (SSSR count). The number of ether oxygens (including phenoxy) is 3. The van der Waals surface area contributed by atoms with Crippen molar-refractivity contribution in [1.29, 1.82) is 5.26 Å². The highest BCUT2D eigenvalue weighted by molar-refractivity contribution is 14.2. The van der Waals surface area contributed by atoms with Crippen molar-refractivity contribution in [3.8, 4) is 40.7 Å². The van der Waals surface area contributed by atoms with Crippen molar-refractivity contribution in [3.63, 3.8) is 0 Å². The van der Waals surface area contributed by atoms with Gasteiger partial charge in [-0.25, -0.2) is 9.19 Å². The molecule has 0 aliphatic carbocycles. The second-order valence-corrected chi connectivity index (χ2v) is 12.3. The first-order valence-corrected chi connectivity index (χ1v) is 17.0. The lowest BCUT2D eigenvalue weighted by molar-refractivity contribution is 0.203. The molecule has 2 heterocycles. The minimum Gasteiger partial charge on any atom is -0.494 e. The number of para-hydroxylation sites is 1. The number of anilines is 1.